The largest absolute Gasteiger partial charge is 0.497 e. The molecular weight excluding hydrogens is 547 g/mol. The Kier molecular flexibility index (Phi) is 8.76. The van der Waals surface area contributed by atoms with E-state index in [1.807, 2.05) is 42.5 Å². The van der Waals surface area contributed by atoms with Gasteiger partial charge in [0.2, 0.25) is 5.96 Å². The number of guanidine groups is 1. The molecular formula is C33H35FN6O3. The summed E-state index contributed by atoms with van der Waals surface area (Å²) in [4.78, 5) is 25.1. The number of fused-ring (bicyclic) bond motifs is 2. The first kappa shape index (κ1) is 28.6. The zero-order valence-electron chi connectivity index (χ0n) is 24.2. The number of ether oxygens (including phenoxy) is 2. The zero-order valence-corrected chi connectivity index (χ0v) is 24.2. The highest BCUT2D eigenvalue weighted by atomic mass is 19.1. The van der Waals surface area contributed by atoms with E-state index in [0.717, 1.165) is 67.5 Å². The number of amides is 1. The van der Waals surface area contributed by atoms with Crippen molar-refractivity contribution in [1.82, 2.24) is 15.5 Å². The van der Waals surface area contributed by atoms with E-state index in [1.54, 1.807) is 25.3 Å². The van der Waals surface area contributed by atoms with Gasteiger partial charge in [0.25, 0.3) is 5.91 Å². The van der Waals surface area contributed by atoms with Crippen molar-refractivity contribution in [2.45, 2.75) is 6.42 Å². The minimum Gasteiger partial charge on any atom is -0.497 e. The summed E-state index contributed by atoms with van der Waals surface area (Å²) >= 11 is 0. The minimum atomic E-state index is -0.366. The van der Waals surface area contributed by atoms with Crippen LogP contribution in [-0.4, -0.2) is 82.1 Å². The van der Waals surface area contributed by atoms with Crippen LogP contribution < -0.4 is 20.7 Å². The van der Waals surface area contributed by atoms with Gasteiger partial charge in [-0.15, -0.1) is 0 Å². The molecule has 43 heavy (non-hydrogen) atoms. The van der Waals surface area contributed by atoms with Crippen LogP contribution >= 0.6 is 0 Å². The van der Waals surface area contributed by atoms with Gasteiger partial charge in [0.1, 0.15) is 11.6 Å². The lowest BCUT2D eigenvalue weighted by Crippen LogP contribution is -2.38. The predicted octanol–water partition coefficient (Wildman–Crippen LogP) is 3.92. The van der Waals surface area contributed by atoms with Crippen molar-refractivity contribution in [2.75, 3.05) is 64.9 Å². The maximum absolute atomic E-state index is 15.1. The van der Waals surface area contributed by atoms with Crippen LogP contribution in [0, 0.1) is 5.82 Å². The number of carbonyl (C=O) groups is 1. The molecule has 0 bridgehead atoms. The standard InChI is InChI=1S/C33H35FN6O3/c1-42-25-7-4-6-24(19-25)38-33-37-21-23-20-36-31(27-8-2-3-9-29(27)34)28-18-22(10-11-26(28)30(23)39-33)32(41)35-12-5-13-40-14-16-43-17-15-40/h2-4,6-11,18-19H,5,12-17,20-21H2,1H3,(H,35,41)(H2,37,38,39). The molecule has 3 N–H and O–H groups in total. The molecule has 0 saturated carbocycles. The third-order valence-electron chi connectivity index (χ3n) is 7.76. The first-order chi connectivity index (χ1) is 21.1. The first-order valence-corrected chi connectivity index (χ1v) is 14.6. The van der Waals surface area contributed by atoms with E-state index < -0.39 is 0 Å². The van der Waals surface area contributed by atoms with Gasteiger partial charge >= 0.3 is 0 Å². The van der Waals surface area contributed by atoms with E-state index >= 15 is 4.39 Å². The summed E-state index contributed by atoms with van der Waals surface area (Å²) in [6.07, 6.45) is 0.848. The van der Waals surface area contributed by atoms with Gasteiger partial charge in [-0.25, -0.2) is 9.38 Å². The van der Waals surface area contributed by atoms with Gasteiger partial charge in [0.15, 0.2) is 0 Å². The van der Waals surface area contributed by atoms with Crippen LogP contribution in [0.5, 0.6) is 5.75 Å². The normalized spacial score (nSPS) is 16.6. The molecule has 10 heteroatoms. The number of benzene rings is 3. The number of rotatable bonds is 8. The van der Waals surface area contributed by atoms with Crippen LogP contribution in [0.1, 0.15) is 33.5 Å². The van der Waals surface area contributed by atoms with E-state index in [9.17, 15) is 4.79 Å². The van der Waals surface area contributed by atoms with E-state index in [2.05, 4.69) is 20.9 Å². The SMILES string of the molecule is COc1cccc(NC2=NCC3=C(N2)c2ccc(C(=O)NCCCN4CCOCC4)cc2C(c2ccccc2F)=NC3)c1. The molecule has 0 atom stereocenters. The highest BCUT2D eigenvalue weighted by Gasteiger charge is 2.26. The molecule has 3 aliphatic heterocycles. The summed E-state index contributed by atoms with van der Waals surface area (Å²) < 4.78 is 25.9. The molecule has 0 radical (unpaired) electrons. The zero-order chi connectivity index (χ0) is 29.6. The maximum atomic E-state index is 15.1. The number of methoxy groups -OCH3 is 1. The van der Waals surface area contributed by atoms with Crippen LogP contribution in [0.2, 0.25) is 0 Å². The smallest absolute Gasteiger partial charge is 0.251 e. The quantitative estimate of drug-likeness (QED) is 0.349. The number of hydrogen-bond acceptors (Lipinski definition) is 8. The topological polar surface area (TPSA) is 99.6 Å². The fourth-order valence-corrected chi connectivity index (χ4v) is 5.47. The van der Waals surface area contributed by atoms with E-state index in [0.29, 0.717) is 48.0 Å². The average Bonchev–Trinajstić information content (AvgIpc) is 3.20. The van der Waals surface area contributed by atoms with Crippen molar-refractivity contribution in [1.29, 1.82) is 0 Å². The van der Waals surface area contributed by atoms with Crippen LogP contribution in [-0.2, 0) is 4.74 Å². The van der Waals surface area contributed by atoms with Crippen LogP contribution in [0.4, 0.5) is 10.1 Å². The summed E-state index contributed by atoms with van der Waals surface area (Å²) in [6.45, 7) is 5.60. The van der Waals surface area contributed by atoms with Gasteiger partial charge in [-0.05, 0) is 54.9 Å². The van der Waals surface area contributed by atoms with Crippen molar-refractivity contribution in [3.8, 4) is 5.75 Å². The second-order valence-corrected chi connectivity index (χ2v) is 10.6. The van der Waals surface area contributed by atoms with Gasteiger partial charge in [0, 0.05) is 53.6 Å². The fraction of sp³-hybridized carbons (Fsp3) is 0.303. The number of anilines is 1. The minimum absolute atomic E-state index is 0.172. The van der Waals surface area contributed by atoms with Gasteiger partial charge in [-0.3, -0.25) is 14.7 Å². The Bertz CT molecular complexity index is 1590. The molecule has 3 heterocycles. The fourth-order valence-electron chi connectivity index (χ4n) is 5.47. The second-order valence-electron chi connectivity index (χ2n) is 10.6. The van der Waals surface area contributed by atoms with Gasteiger partial charge < -0.3 is 25.4 Å². The molecule has 222 valence electrons. The average molecular weight is 583 g/mol. The third-order valence-corrected chi connectivity index (χ3v) is 7.76. The van der Waals surface area contributed by atoms with Gasteiger partial charge in [-0.2, -0.15) is 0 Å². The highest BCUT2D eigenvalue weighted by molar-refractivity contribution is 6.17. The second kappa shape index (κ2) is 13.2. The monoisotopic (exact) mass is 582 g/mol. The molecule has 1 amide bonds. The van der Waals surface area contributed by atoms with E-state index in [4.69, 9.17) is 19.5 Å². The summed E-state index contributed by atoms with van der Waals surface area (Å²) in [5, 5.41) is 9.82. The van der Waals surface area contributed by atoms with E-state index in [1.165, 1.54) is 6.07 Å². The number of nitrogens with one attached hydrogen (secondary N) is 3. The number of carbonyl (C=O) groups excluding carboxylic acids is 1. The lowest BCUT2D eigenvalue weighted by atomic mass is 9.92. The Hall–Kier alpha value is -4.54. The Labute approximate surface area is 250 Å². The summed E-state index contributed by atoms with van der Waals surface area (Å²) in [6, 6.07) is 19.7. The Balaban J connectivity index is 1.25. The molecule has 3 aromatic carbocycles. The number of morpholine rings is 1. The van der Waals surface area contributed by atoms with Crippen LogP contribution in [0.15, 0.2) is 82.3 Å². The van der Waals surface area contributed by atoms with Crippen molar-refractivity contribution < 1.29 is 18.7 Å². The number of aliphatic imine (C=N–C) groups is 2. The molecule has 0 aliphatic carbocycles. The Morgan fingerprint density at radius 3 is 2.67 bits per heavy atom. The predicted molar refractivity (Wildman–Crippen MR) is 167 cm³/mol. The van der Waals surface area contributed by atoms with Crippen molar-refractivity contribution >= 4 is 29.0 Å². The van der Waals surface area contributed by atoms with Gasteiger partial charge in [0.05, 0.1) is 44.8 Å². The van der Waals surface area contributed by atoms with Crippen molar-refractivity contribution in [2.24, 2.45) is 9.98 Å². The lowest BCUT2D eigenvalue weighted by Gasteiger charge is -2.26. The van der Waals surface area contributed by atoms with Crippen LogP contribution in [0.25, 0.3) is 5.70 Å². The van der Waals surface area contributed by atoms with Crippen LogP contribution in [0.3, 0.4) is 0 Å². The van der Waals surface area contributed by atoms with Gasteiger partial charge in [-0.1, -0.05) is 24.3 Å². The third kappa shape index (κ3) is 6.60. The molecule has 1 saturated heterocycles. The molecule has 1 fully saturated rings. The molecule has 3 aliphatic rings. The molecule has 0 spiro atoms. The molecule has 9 nitrogen and oxygen atoms in total. The summed E-state index contributed by atoms with van der Waals surface area (Å²) in [5.74, 6) is 0.773. The van der Waals surface area contributed by atoms with Crippen molar-refractivity contribution in [3.05, 3.63) is 100 Å². The first-order valence-electron chi connectivity index (χ1n) is 14.6. The summed E-state index contributed by atoms with van der Waals surface area (Å²) in [5.41, 5.74) is 5.57. The molecule has 3 aromatic rings. The maximum Gasteiger partial charge on any atom is 0.251 e. The molecule has 0 unspecified atom stereocenters. The molecule has 6 rings (SSSR count). The van der Waals surface area contributed by atoms with Crippen molar-refractivity contribution in [3.63, 3.8) is 0 Å². The Morgan fingerprint density at radius 2 is 1.84 bits per heavy atom. The lowest BCUT2D eigenvalue weighted by molar-refractivity contribution is 0.0374. The molecule has 0 aromatic heterocycles. The Morgan fingerprint density at radius 1 is 1.00 bits per heavy atom. The highest BCUT2D eigenvalue weighted by Crippen LogP contribution is 2.31. The van der Waals surface area contributed by atoms with E-state index in [-0.39, 0.29) is 11.7 Å². The number of hydrogen-bond donors (Lipinski definition) is 3. The summed E-state index contributed by atoms with van der Waals surface area (Å²) in [7, 11) is 1.63. The number of halogens is 1. The number of nitrogens with zero attached hydrogens (tertiary/aromatic N) is 3.